The summed E-state index contributed by atoms with van der Waals surface area (Å²) in [6.45, 7) is 10.7. The van der Waals surface area contributed by atoms with Crippen molar-refractivity contribution in [3.63, 3.8) is 0 Å². The zero-order chi connectivity index (χ0) is 18.9. The van der Waals surface area contributed by atoms with Gasteiger partial charge in [-0.05, 0) is 23.8 Å². The Kier molecular flexibility index (Phi) is 7.91. The molecule has 1 aliphatic rings. The van der Waals surface area contributed by atoms with Gasteiger partial charge in [0.1, 0.15) is 5.75 Å². The summed E-state index contributed by atoms with van der Waals surface area (Å²) in [6, 6.07) is 7.92. The molecule has 1 fully saturated rings. The minimum absolute atomic E-state index is 0.0299. The number of halogens is 1. The molecule has 1 amide bonds. The van der Waals surface area contributed by atoms with E-state index in [4.69, 9.17) is 21.1 Å². The molecule has 2 rings (SSSR count). The number of carbonyl (C=O) groups excluding carboxylic acids is 1. The Labute approximate surface area is 159 Å². The molecule has 5 nitrogen and oxygen atoms in total. The van der Waals surface area contributed by atoms with E-state index in [1.807, 2.05) is 24.3 Å². The number of hydrogen-bond donors (Lipinski definition) is 1. The average molecular weight is 377 g/mol. The van der Waals surface area contributed by atoms with Gasteiger partial charge in [0.15, 0.2) is 0 Å². The molecule has 1 heterocycles. The SMILES string of the molecule is C=C/C=C(\C(=C)Cl)C(=O)NCC(c1ccc(OC)cc1)N1CCOCC1. The van der Waals surface area contributed by atoms with Gasteiger partial charge in [0.2, 0.25) is 0 Å². The zero-order valence-corrected chi connectivity index (χ0v) is 15.8. The van der Waals surface area contributed by atoms with Gasteiger partial charge in [0, 0.05) is 24.7 Å². The molecule has 0 spiro atoms. The van der Waals surface area contributed by atoms with Crippen LogP contribution >= 0.6 is 11.6 Å². The van der Waals surface area contributed by atoms with Crippen molar-refractivity contribution >= 4 is 17.5 Å². The summed E-state index contributed by atoms with van der Waals surface area (Å²) in [5.41, 5.74) is 1.42. The summed E-state index contributed by atoms with van der Waals surface area (Å²) in [5.74, 6) is 0.532. The summed E-state index contributed by atoms with van der Waals surface area (Å²) in [7, 11) is 1.64. The molecule has 1 unspecified atom stereocenters. The van der Waals surface area contributed by atoms with Gasteiger partial charge in [-0.1, -0.05) is 43.0 Å². The number of nitrogens with zero attached hydrogens (tertiary/aromatic N) is 1. The van der Waals surface area contributed by atoms with E-state index in [1.54, 1.807) is 13.2 Å². The van der Waals surface area contributed by atoms with Crippen molar-refractivity contribution < 1.29 is 14.3 Å². The highest BCUT2D eigenvalue weighted by atomic mass is 35.5. The molecule has 0 radical (unpaired) electrons. The number of amides is 1. The lowest BCUT2D eigenvalue weighted by atomic mass is 10.0. The first-order valence-corrected chi connectivity index (χ1v) is 8.86. The van der Waals surface area contributed by atoms with Crippen molar-refractivity contribution in [1.82, 2.24) is 10.2 Å². The summed E-state index contributed by atoms with van der Waals surface area (Å²) < 4.78 is 10.7. The molecule has 1 N–H and O–H groups in total. The summed E-state index contributed by atoms with van der Waals surface area (Å²) >= 11 is 5.92. The Morgan fingerprint density at radius 1 is 1.38 bits per heavy atom. The first-order valence-electron chi connectivity index (χ1n) is 8.48. The third-order valence-electron chi connectivity index (χ3n) is 4.26. The molecule has 1 aliphatic heterocycles. The summed E-state index contributed by atoms with van der Waals surface area (Å²) in [4.78, 5) is 14.8. The van der Waals surface area contributed by atoms with E-state index in [9.17, 15) is 4.79 Å². The van der Waals surface area contributed by atoms with Gasteiger partial charge in [-0.25, -0.2) is 0 Å². The van der Waals surface area contributed by atoms with Gasteiger partial charge in [-0.3, -0.25) is 9.69 Å². The highest BCUT2D eigenvalue weighted by Crippen LogP contribution is 2.24. The van der Waals surface area contributed by atoms with Crippen molar-refractivity contribution in [1.29, 1.82) is 0 Å². The maximum Gasteiger partial charge on any atom is 0.252 e. The standard InChI is InChI=1S/C20H25ClN2O3/c1-4-5-18(15(2)21)20(24)22-14-19(23-10-12-26-13-11-23)16-6-8-17(25-3)9-7-16/h4-9,19H,1-2,10-14H2,3H3,(H,22,24)/b18-5+. The number of benzene rings is 1. The highest BCUT2D eigenvalue weighted by Gasteiger charge is 2.24. The number of hydrogen-bond acceptors (Lipinski definition) is 4. The maximum absolute atomic E-state index is 12.5. The number of carbonyl (C=O) groups is 1. The van der Waals surface area contributed by atoms with Gasteiger partial charge in [0.05, 0.1) is 31.9 Å². The van der Waals surface area contributed by atoms with Gasteiger partial charge >= 0.3 is 0 Å². The van der Waals surface area contributed by atoms with E-state index >= 15 is 0 Å². The predicted octanol–water partition coefficient (Wildman–Crippen LogP) is 3.05. The average Bonchev–Trinajstić information content (AvgIpc) is 2.67. The van der Waals surface area contributed by atoms with Crippen molar-refractivity contribution in [3.8, 4) is 5.75 Å². The third kappa shape index (κ3) is 5.46. The molecule has 6 heteroatoms. The van der Waals surface area contributed by atoms with Crippen molar-refractivity contribution in [2.24, 2.45) is 0 Å². The number of nitrogens with one attached hydrogen (secondary N) is 1. The molecule has 1 aromatic carbocycles. The molecular formula is C20H25ClN2O3. The molecule has 0 bridgehead atoms. The fraction of sp³-hybridized carbons (Fsp3) is 0.350. The van der Waals surface area contributed by atoms with E-state index in [-0.39, 0.29) is 17.0 Å². The number of ether oxygens (including phenoxy) is 2. The van der Waals surface area contributed by atoms with Gasteiger partial charge in [-0.2, -0.15) is 0 Å². The second kappa shape index (κ2) is 10.2. The fourth-order valence-corrected chi connectivity index (χ4v) is 3.01. The van der Waals surface area contributed by atoms with E-state index < -0.39 is 0 Å². The second-order valence-corrected chi connectivity index (χ2v) is 6.32. The molecule has 1 saturated heterocycles. The van der Waals surface area contributed by atoms with Gasteiger partial charge < -0.3 is 14.8 Å². The lowest BCUT2D eigenvalue weighted by Crippen LogP contribution is -2.44. The Balaban J connectivity index is 2.15. The molecule has 0 aromatic heterocycles. The van der Waals surface area contributed by atoms with Crippen LogP contribution in [0.25, 0.3) is 0 Å². The van der Waals surface area contributed by atoms with Crippen LogP contribution in [0.3, 0.4) is 0 Å². The predicted molar refractivity (Wildman–Crippen MR) is 104 cm³/mol. The Bertz CT molecular complexity index is 664. The Morgan fingerprint density at radius 2 is 2.04 bits per heavy atom. The fourth-order valence-electron chi connectivity index (χ4n) is 2.86. The number of morpholine rings is 1. The maximum atomic E-state index is 12.5. The van der Waals surface area contributed by atoms with Crippen LogP contribution in [0.2, 0.25) is 0 Å². The van der Waals surface area contributed by atoms with Crippen LogP contribution in [0, 0.1) is 0 Å². The Morgan fingerprint density at radius 3 is 2.58 bits per heavy atom. The van der Waals surface area contributed by atoms with Crippen LogP contribution in [0.15, 0.2) is 60.2 Å². The monoisotopic (exact) mass is 376 g/mol. The van der Waals surface area contributed by atoms with Crippen LogP contribution in [-0.2, 0) is 9.53 Å². The van der Waals surface area contributed by atoms with Crippen LogP contribution in [-0.4, -0.2) is 50.8 Å². The summed E-state index contributed by atoms with van der Waals surface area (Å²) in [6.07, 6.45) is 3.08. The molecule has 140 valence electrons. The zero-order valence-electron chi connectivity index (χ0n) is 15.0. The van der Waals surface area contributed by atoms with Crippen molar-refractivity contribution in [2.75, 3.05) is 40.0 Å². The largest absolute Gasteiger partial charge is 0.497 e. The van der Waals surface area contributed by atoms with Crippen LogP contribution < -0.4 is 10.1 Å². The normalized spacial score (nSPS) is 16.6. The van der Waals surface area contributed by atoms with Crippen LogP contribution in [0.4, 0.5) is 0 Å². The quantitative estimate of drug-likeness (QED) is 0.559. The molecule has 1 atom stereocenters. The molecule has 1 aromatic rings. The lowest BCUT2D eigenvalue weighted by molar-refractivity contribution is -0.117. The highest BCUT2D eigenvalue weighted by molar-refractivity contribution is 6.35. The van der Waals surface area contributed by atoms with Crippen LogP contribution in [0.5, 0.6) is 5.75 Å². The molecular weight excluding hydrogens is 352 g/mol. The van der Waals surface area contributed by atoms with Crippen LogP contribution in [0.1, 0.15) is 11.6 Å². The van der Waals surface area contributed by atoms with Gasteiger partial charge in [0.25, 0.3) is 5.91 Å². The number of methoxy groups -OCH3 is 1. The Hall–Kier alpha value is -2.08. The first kappa shape index (κ1) is 20.2. The second-order valence-electron chi connectivity index (χ2n) is 5.87. The van der Waals surface area contributed by atoms with E-state index in [0.29, 0.717) is 25.3 Å². The lowest BCUT2D eigenvalue weighted by Gasteiger charge is -2.35. The number of rotatable bonds is 8. The van der Waals surface area contributed by atoms with E-state index in [1.165, 1.54) is 6.08 Å². The minimum Gasteiger partial charge on any atom is -0.497 e. The van der Waals surface area contributed by atoms with E-state index in [2.05, 4.69) is 23.4 Å². The molecule has 0 saturated carbocycles. The van der Waals surface area contributed by atoms with Gasteiger partial charge in [-0.15, -0.1) is 0 Å². The van der Waals surface area contributed by atoms with Crippen molar-refractivity contribution in [3.05, 3.63) is 65.7 Å². The molecule has 0 aliphatic carbocycles. The topological polar surface area (TPSA) is 50.8 Å². The van der Waals surface area contributed by atoms with E-state index in [0.717, 1.165) is 24.4 Å². The minimum atomic E-state index is -0.267. The smallest absolute Gasteiger partial charge is 0.252 e. The van der Waals surface area contributed by atoms with Crippen molar-refractivity contribution in [2.45, 2.75) is 6.04 Å². The first-order chi connectivity index (χ1) is 12.6. The molecule has 26 heavy (non-hydrogen) atoms. The summed E-state index contributed by atoms with van der Waals surface area (Å²) in [5, 5.41) is 3.15. The number of allylic oxidation sites excluding steroid dienone is 2. The third-order valence-corrected chi connectivity index (χ3v) is 4.47.